The first kappa shape index (κ1) is 17.8. The fourth-order valence-electron chi connectivity index (χ4n) is 2.90. The molecule has 0 heterocycles. The zero-order chi connectivity index (χ0) is 16.7. The summed E-state index contributed by atoms with van der Waals surface area (Å²) in [5.74, 6) is 0.456. The first-order valence-corrected chi connectivity index (χ1v) is 8.53. The molecule has 2 rings (SSSR count). The Morgan fingerprint density at radius 2 is 2.13 bits per heavy atom. The molecule has 1 aliphatic carbocycles. The van der Waals surface area contributed by atoms with Gasteiger partial charge in [-0.05, 0) is 70.0 Å². The fourth-order valence-corrected chi connectivity index (χ4v) is 2.90. The molecule has 0 amide bonds. The van der Waals surface area contributed by atoms with Crippen molar-refractivity contribution in [3.05, 3.63) is 29.3 Å². The third-order valence-corrected chi connectivity index (χ3v) is 4.14. The number of benzene rings is 1. The number of fused-ring (bicyclic) bond motifs is 1. The third kappa shape index (κ3) is 5.84. The number of aryl methyl sites for hydroxylation is 2. The van der Waals surface area contributed by atoms with E-state index in [1.807, 2.05) is 6.92 Å². The number of hydrogen-bond donors (Lipinski definition) is 2. The average Bonchev–Trinajstić information content (AvgIpc) is 2.97. The molecule has 0 aromatic heterocycles. The molecule has 5 heteroatoms. The summed E-state index contributed by atoms with van der Waals surface area (Å²) >= 11 is 0. The van der Waals surface area contributed by atoms with Crippen molar-refractivity contribution in [3.63, 3.8) is 0 Å². The van der Waals surface area contributed by atoms with Crippen molar-refractivity contribution in [1.82, 2.24) is 4.90 Å². The number of guanidine groups is 1. The molecular weight excluding hydrogens is 288 g/mol. The van der Waals surface area contributed by atoms with Gasteiger partial charge in [-0.3, -0.25) is 4.99 Å². The Bertz CT molecular complexity index is 528. The van der Waals surface area contributed by atoms with Crippen LogP contribution in [0.5, 0.6) is 0 Å². The highest BCUT2D eigenvalue weighted by atomic mass is 16.5. The maximum absolute atomic E-state index is 6.02. The Balaban J connectivity index is 1.87. The minimum atomic E-state index is 0.114. The largest absolute Gasteiger partial charge is 0.377 e. The summed E-state index contributed by atoms with van der Waals surface area (Å²) in [7, 11) is 4.13. The lowest BCUT2D eigenvalue weighted by atomic mass is 10.1. The van der Waals surface area contributed by atoms with E-state index >= 15 is 0 Å². The zero-order valence-corrected chi connectivity index (χ0v) is 14.6. The van der Waals surface area contributed by atoms with Crippen LogP contribution >= 0.6 is 0 Å². The zero-order valence-electron chi connectivity index (χ0n) is 14.6. The van der Waals surface area contributed by atoms with Gasteiger partial charge in [0.05, 0.1) is 12.6 Å². The quantitative estimate of drug-likeness (QED) is 0.570. The lowest BCUT2D eigenvalue weighted by Crippen LogP contribution is -2.28. The molecule has 1 unspecified atom stereocenters. The van der Waals surface area contributed by atoms with Crippen LogP contribution in [0.2, 0.25) is 0 Å². The van der Waals surface area contributed by atoms with Gasteiger partial charge < -0.3 is 20.7 Å². The summed E-state index contributed by atoms with van der Waals surface area (Å²) in [5, 5.41) is 3.20. The van der Waals surface area contributed by atoms with Gasteiger partial charge in [0.2, 0.25) is 0 Å². The number of rotatable bonds is 8. The summed E-state index contributed by atoms with van der Waals surface area (Å²) in [6, 6.07) is 6.47. The highest BCUT2D eigenvalue weighted by Gasteiger charge is 2.11. The van der Waals surface area contributed by atoms with Gasteiger partial charge in [0.25, 0.3) is 0 Å². The second-order valence-corrected chi connectivity index (χ2v) is 6.36. The lowest BCUT2D eigenvalue weighted by Gasteiger charge is -2.18. The molecule has 3 N–H and O–H groups in total. The first-order valence-electron chi connectivity index (χ1n) is 8.53. The maximum Gasteiger partial charge on any atom is 0.193 e. The van der Waals surface area contributed by atoms with Crippen LogP contribution in [0.25, 0.3) is 0 Å². The smallest absolute Gasteiger partial charge is 0.193 e. The van der Waals surface area contributed by atoms with E-state index in [0.717, 1.165) is 18.7 Å². The van der Waals surface area contributed by atoms with Gasteiger partial charge >= 0.3 is 0 Å². The highest BCUT2D eigenvalue weighted by molar-refractivity contribution is 5.92. The van der Waals surface area contributed by atoms with Crippen molar-refractivity contribution in [1.29, 1.82) is 0 Å². The van der Waals surface area contributed by atoms with Gasteiger partial charge in [0, 0.05) is 18.8 Å². The summed E-state index contributed by atoms with van der Waals surface area (Å²) < 4.78 is 5.74. The molecule has 1 aromatic rings. The van der Waals surface area contributed by atoms with Gasteiger partial charge in [-0.1, -0.05) is 6.07 Å². The molecule has 0 fully saturated rings. The van der Waals surface area contributed by atoms with E-state index in [1.54, 1.807) is 0 Å². The number of nitrogens with zero attached hydrogens (tertiary/aromatic N) is 2. The number of nitrogens with two attached hydrogens (primary N) is 1. The molecule has 0 bridgehead atoms. The van der Waals surface area contributed by atoms with E-state index in [1.165, 1.54) is 30.4 Å². The normalized spacial score (nSPS) is 15.7. The first-order chi connectivity index (χ1) is 11.1. The molecule has 1 aliphatic rings. The standard InChI is InChI=1S/C18H30N4O/c1-4-23-17(10-11-22(2)3)13-20-18(19)21-16-9-8-14-6-5-7-15(14)12-16/h8-9,12,17H,4-7,10-11,13H2,1-3H3,(H3,19,20,21). The highest BCUT2D eigenvalue weighted by Crippen LogP contribution is 2.24. The second kappa shape index (κ2) is 8.89. The topological polar surface area (TPSA) is 62.9 Å². The number of anilines is 1. The van der Waals surface area contributed by atoms with Crippen LogP contribution in [-0.2, 0) is 17.6 Å². The Labute approximate surface area is 139 Å². The molecule has 1 atom stereocenters. The summed E-state index contributed by atoms with van der Waals surface area (Å²) in [4.78, 5) is 6.60. The summed E-state index contributed by atoms with van der Waals surface area (Å²) in [6.07, 6.45) is 4.68. The van der Waals surface area contributed by atoms with Crippen molar-refractivity contribution >= 4 is 11.6 Å². The molecule has 0 saturated carbocycles. The van der Waals surface area contributed by atoms with Crippen LogP contribution in [0.3, 0.4) is 0 Å². The third-order valence-electron chi connectivity index (χ3n) is 4.14. The molecule has 0 radical (unpaired) electrons. The number of hydrogen-bond acceptors (Lipinski definition) is 3. The predicted molar refractivity (Wildman–Crippen MR) is 97.2 cm³/mol. The number of nitrogens with one attached hydrogen (secondary N) is 1. The van der Waals surface area contributed by atoms with Crippen molar-refractivity contribution < 1.29 is 4.74 Å². The minimum absolute atomic E-state index is 0.114. The van der Waals surface area contributed by atoms with Crippen LogP contribution in [0.1, 0.15) is 30.9 Å². The van der Waals surface area contributed by atoms with Crippen LogP contribution < -0.4 is 11.1 Å². The summed E-state index contributed by atoms with van der Waals surface area (Å²) in [5.41, 5.74) is 9.94. The Morgan fingerprint density at radius 1 is 1.35 bits per heavy atom. The molecule has 5 nitrogen and oxygen atoms in total. The lowest BCUT2D eigenvalue weighted by molar-refractivity contribution is 0.0583. The molecule has 1 aromatic carbocycles. The predicted octanol–water partition coefficient (Wildman–Crippen LogP) is 2.26. The van der Waals surface area contributed by atoms with E-state index in [0.29, 0.717) is 19.1 Å². The monoisotopic (exact) mass is 318 g/mol. The van der Waals surface area contributed by atoms with Gasteiger partial charge in [-0.15, -0.1) is 0 Å². The van der Waals surface area contributed by atoms with Crippen molar-refractivity contribution in [3.8, 4) is 0 Å². The van der Waals surface area contributed by atoms with Crippen LogP contribution in [0.4, 0.5) is 5.69 Å². The Morgan fingerprint density at radius 3 is 2.87 bits per heavy atom. The van der Waals surface area contributed by atoms with E-state index in [9.17, 15) is 0 Å². The molecule has 128 valence electrons. The van der Waals surface area contributed by atoms with Gasteiger partial charge in [0.1, 0.15) is 0 Å². The van der Waals surface area contributed by atoms with Crippen LogP contribution in [0, 0.1) is 0 Å². The van der Waals surface area contributed by atoms with Crippen molar-refractivity contribution in [2.75, 3.05) is 39.1 Å². The van der Waals surface area contributed by atoms with Crippen molar-refractivity contribution in [2.45, 2.75) is 38.7 Å². The van der Waals surface area contributed by atoms with Gasteiger partial charge in [-0.25, -0.2) is 0 Å². The average molecular weight is 318 g/mol. The van der Waals surface area contributed by atoms with Crippen molar-refractivity contribution in [2.24, 2.45) is 10.7 Å². The van der Waals surface area contributed by atoms with E-state index in [4.69, 9.17) is 10.5 Å². The molecule has 23 heavy (non-hydrogen) atoms. The number of aliphatic imine (C=N–C) groups is 1. The second-order valence-electron chi connectivity index (χ2n) is 6.36. The van der Waals surface area contributed by atoms with E-state index in [-0.39, 0.29) is 6.10 Å². The molecule has 0 saturated heterocycles. The van der Waals surface area contributed by atoms with E-state index < -0.39 is 0 Å². The molecular formula is C18H30N4O. The Hall–Kier alpha value is -1.59. The number of ether oxygens (including phenoxy) is 1. The van der Waals surface area contributed by atoms with E-state index in [2.05, 4.69) is 47.5 Å². The van der Waals surface area contributed by atoms with Crippen LogP contribution in [0.15, 0.2) is 23.2 Å². The Kier molecular flexibility index (Phi) is 6.86. The minimum Gasteiger partial charge on any atom is -0.377 e. The molecule has 0 aliphatic heterocycles. The van der Waals surface area contributed by atoms with Gasteiger partial charge in [0.15, 0.2) is 5.96 Å². The van der Waals surface area contributed by atoms with Crippen LogP contribution in [-0.4, -0.2) is 50.8 Å². The van der Waals surface area contributed by atoms with Gasteiger partial charge in [-0.2, -0.15) is 0 Å². The molecule has 0 spiro atoms. The summed E-state index contributed by atoms with van der Waals surface area (Å²) in [6.45, 7) is 4.29. The maximum atomic E-state index is 6.02. The fraction of sp³-hybridized carbons (Fsp3) is 0.611. The SMILES string of the molecule is CCOC(CCN(C)C)CN=C(N)Nc1ccc2c(c1)CCC2.